The zero-order chi connectivity index (χ0) is 18.4. The predicted molar refractivity (Wildman–Crippen MR) is 102 cm³/mol. The van der Waals surface area contributed by atoms with E-state index in [1.165, 1.54) is 49.9 Å². The minimum Gasteiger partial charge on any atom is -0.426 e. The van der Waals surface area contributed by atoms with Crippen molar-refractivity contribution in [2.45, 2.75) is 64.7 Å². The van der Waals surface area contributed by atoms with Gasteiger partial charge in [-0.1, -0.05) is 19.1 Å². The highest BCUT2D eigenvalue weighted by molar-refractivity contribution is 5.75. The number of esters is 1. The Morgan fingerprint density at radius 3 is 2.15 bits per heavy atom. The third-order valence-electron chi connectivity index (χ3n) is 6.26. The second kappa shape index (κ2) is 9.34. The van der Waals surface area contributed by atoms with Crippen molar-refractivity contribution >= 4 is 5.97 Å². The number of carbonyl (C=O) groups excluding carboxylic acids is 1. The van der Waals surface area contributed by atoms with Crippen LogP contribution in [0.1, 0.15) is 64.7 Å². The van der Waals surface area contributed by atoms with Gasteiger partial charge in [0.05, 0.1) is 5.92 Å². The molecule has 2 nitrogen and oxygen atoms in total. The molecule has 2 fully saturated rings. The smallest absolute Gasteiger partial charge is 0.314 e. The Labute approximate surface area is 156 Å². The van der Waals surface area contributed by atoms with Gasteiger partial charge in [0, 0.05) is 0 Å². The number of benzene rings is 1. The first kappa shape index (κ1) is 19.1. The summed E-state index contributed by atoms with van der Waals surface area (Å²) < 4.78 is 18.4. The van der Waals surface area contributed by atoms with Gasteiger partial charge in [-0.05, 0) is 99.8 Å². The summed E-state index contributed by atoms with van der Waals surface area (Å²) in [6, 6.07) is 5.69. The summed E-state index contributed by atoms with van der Waals surface area (Å²) in [6.07, 6.45) is 15.3. The lowest BCUT2D eigenvalue weighted by atomic mass is 9.69. The summed E-state index contributed by atoms with van der Waals surface area (Å²) in [4.78, 5) is 12.4. The number of ether oxygens (including phenoxy) is 1. The van der Waals surface area contributed by atoms with Gasteiger partial charge < -0.3 is 4.74 Å². The van der Waals surface area contributed by atoms with Crippen LogP contribution in [0, 0.1) is 29.5 Å². The van der Waals surface area contributed by atoms with Crippen LogP contribution in [-0.2, 0) is 4.79 Å². The summed E-state index contributed by atoms with van der Waals surface area (Å²) in [5, 5.41) is 0. The van der Waals surface area contributed by atoms with Crippen LogP contribution < -0.4 is 4.74 Å². The van der Waals surface area contributed by atoms with Crippen LogP contribution >= 0.6 is 0 Å². The van der Waals surface area contributed by atoms with Crippen LogP contribution in [0.15, 0.2) is 36.4 Å². The van der Waals surface area contributed by atoms with Gasteiger partial charge in [-0.2, -0.15) is 0 Å². The van der Waals surface area contributed by atoms with Crippen LogP contribution in [-0.4, -0.2) is 5.97 Å². The maximum atomic E-state index is 12.9. The molecule has 3 heteroatoms. The Morgan fingerprint density at radius 1 is 1.00 bits per heavy atom. The average Bonchev–Trinajstić information content (AvgIpc) is 2.68. The molecule has 0 radical (unpaired) electrons. The van der Waals surface area contributed by atoms with Crippen LogP contribution in [0.2, 0.25) is 0 Å². The van der Waals surface area contributed by atoms with Crippen molar-refractivity contribution in [2.75, 3.05) is 0 Å². The van der Waals surface area contributed by atoms with Crippen LogP contribution in [0.3, 0.4) is 0 Å². The molecule has 1 aromatic rings. The summed E-state index contributed by atoms with van der Waals surface area (Å²) in [5.74, 6) is 2.38. The van der Waals surface area contributed by atoms with Gasteiger partial charge in [0.1, 0.15) is 11.6 Å². The first-order chi connectivity index (χ1) is 12.7. The largest absolute Gasteiger partial charge is 0.426 e. The molecule has 0 unspecified atom stereocenters. The number of hydrogen-bond acceptors (Lipinski definition) is 2. The normalized spacial score (nSPS) is 29.6. The van der Waals surface area contributed by atoms with E-state index in [0.717, 1.165) is 49.9 Å². The van der Waals surface area contributed by atoms with Crippen molar-refractivity contribution in [1.82, 2.24) is 0 Å². The number of allylic oxidation sites excluding steroid dienone is 2. The molecule has 0 saturated heterocycles. The van der Waals surface area contributed by atoms with E-state index in [4.69, 9.17) is 4.74 Å². The summed E-state index contributed by atoms with van der Waals surface area (Å²) in [5.41, 5.74) is 0. The lowest BCUT2D eigenvalue weighted by molar-refractivity contribution is -0.140. The quantitative estimate of drug-likeness (QED) is 0.350. The fourth-order valence-corrected chi connectivity index (χ4v) is 4.67. The van der Waals surface area contributed by atoms with Crippen LogP contribution in [0.25, 0.3) is 0 Å². The molecule has 0 atom stereocenters. The van der Waals surface area contributed by atoms with E-state index in [-0.39, 0.29) is 17.7 Å². The SMILES string of the molecule is CCC=CC1CCC(C2CCC(C(=O)Oc3ccc(F)cc3)CC2)CC1. The minimum absolute atomic E-state index is 0.000120. The third kappa shape index (κ3) is 5.18. The molecular formula is C23H31FO2. The topological polar surface area (TPSA) is 26.3 Å². The van der Waals surface area contributed by atoms with E-state index >= 15 is 0 Å². The van der Waals surface area contributed by atoms with Crippen molar-refractivity contribution < 1.29 is 13.9 Å². The Balaban J connectivity index is 1.42. The first-order valence-corrected chi connectivity index (χ1v) is 10.3. The van der Waals surface area contributed by atoms with Crippen molar-refractivity contribution in [3.8, 4) is 5.75 Å². The zero-order valence-corrected chi connectivity index (χ0v) is 15.8. The van der Waals surface area contributed by atoms with Gasteiger partial charge in [0.2, 0.25) is 0 Å². The zero-order valence-electron chi connectivity index (χ0n) is 15.8. The fraction of sp³-hybridized carbons (Fsp3) is 0.609. The predicted octanol–water partition coefficient (Wildman–Crippen LogP) is 6.31. The van der Waals surface area contributed by atoms with Gasteiger partial charge in [0.15, 0.2) is 0 Å². The van der Waals surface area contributed by atoms with Crippen LogP contribution in [0.4, 0.5) is 4.39 Å². The summed E-state index contributed by atoms with van der Waals surface area (Å²) in [6.45, 7) is 2.20. The Morgan fingerprint density at radius 2 is 1.58 bits per heavy atom. The monoisotopic (exact) mass is 358 g/mol. The van der Waals surface area contributed by atoms with E-state index < -0.39 is 0 Å². The molecule has 3 rings (SSSR count). The van der Waals surface area contributed by atoms with Crippen molar-refractivity contribution in [3.63, 3.8) is 0 Å². The number of hydrogen-bond donors (Lipinski definition) is 0. The number of halogens is 1. The Bertz CT molecular complexity index is 591. The average molecular weight is 358 g/mol. The van der Waals surface area contributed by atoms with E-state index in [1.54, 1.807) is 0 Å². The molecule has 2 aliphatic carbocycles. The van der Waals surface area contributed by atoms with Gasteiger partial charge in [0.25, 0.3) is 0 Å². The third-order valence-corrected chi connectivity index (χ3v) is 6.26. The van der Waals surface area contributed by atoms with Gasteiger partial charge in [-0.25, -0.2) is 4.39 Å². The molecule has 0 spiro atoms. The Hall–Kier alpha value is -1.64. The molecule has 26 heavy (non-hydrogen) atoms. The molecule has 0 bridgehead atoms. The summed E-state index contributed by atoms with van der Waals surface area (Å²) in [7, 11) is 0. The highest BCUT2D eigenvalue weighted by atomic mass is 19.1. The molecule has 142 valence electrons. The van der Waals surface area contributed by atoms with E-state index in [2.05, 4.69) is 19.1 Å². The number of rotatable bonds is 5. The molecule has 1 aromatic carbocycles. The highest BCUT2D eigenvalue weighted by Gasteiger charge is 2.33. The number of carbonyl (C=O) groups is 1. The fourth-order valence-electron chi connectivity index (χ4n) is 4.67. The second-order valence-electron chi connectivity index (χ2n) is 8.00. The lowest BCUT2D eigenvalue weighted by Crippen LogP contribution is -2.30. The van der Waals surface area contributed by atoms with E-state index in [1.807, 2.05) is 0 Å². The van der Waals surface area contributed by atoms with Crippen LogP contribution in [0.5, 0.6) is 5.75 Å². The maximum absolute atomic E-state index is 12.9. The highest BCUT2D eigenvalue weighted by Crippen LogP contribution is 2.41. The van der Waals surface area contributed by atoms with Gasteiger partial charge in [-0.15, -0.1) is 0 Å². The van der Waals surface area contributed by atoms with E-state index in [0.29, 0.717) is 5.75 Å². The van der Waals surface area contributed by atoms with Crippen molar-refractivity contribution in [1.29, 1.82) is 0 Å². The minimum atomic E-state index is -0.315. The van der Waals surface area contributed by atoms with Gasteiger partial charge >= 0.3 is 5.97 Å². The Kier molecular flexibility index (Phi) is 6.87. The maximum Gasteiger partial charge on any atom is 0.314 e. The van der Waals surface area contributed by atoms with Crippen molar-refractivity contribution in [2.24, 2.45) is 23.7 Å². The molecule has 2 aliphatic rings. The molecule has 2 saturated carbocycles. The summed E-state index contributed by atoms with van der Waals surface area (Å²) >= 11 is 0. The first-order valence-electron chi connectivity index (χ1n) is 10.3. The molecule has 0 aliphatic heterocycles. The van der Waals surface area contributed by atoms with Crippen molar-refractivity contribution in [3.05, 3.63) is 42.2 Å². The van der Waals surface area contributed by atoms with Gasteiger partial charge in [-0.3, -0.25) is 4.79 Å². The van der Waals surface area contributed by atoms with E-state index in [9.17, 15) is 9.18 Å². The lowest BCUT2D eigenvalue weighted by Gasteiger charge is -2.36. The molecular weight excluding hydrogens is 327 g/mol. The molecule has 0 aromatic heterocycles. The second-order valence-corrected chi connectivity index (χ2v) is 8.00. The molecule has 0 amide bonds. The standard InChI is InChI=1S/C23H31FO2/c1-2-3-4-17-5-7-18(8-6-17)19-9-11-20(12-10-19)23(25)26-22-15-13-21(24)14-16-22/h3-4,13-20H,2,5-12H2,1H3. The molecule has 0 heterocycles. The molecule has 0 N–H and O–H groups in total.